The van der Waals surface area contributed by atoms with Crippen molar-refractivity contribution in [1.29, 1.82) is 0 Å². The first-order chi connectivity index (χ1) is 17.8. The van der Waals surface area contributed by atoms with Gasteiger partial charge in [-0.2, -0.15) is 0 Å². The maximum Gasteiger partial charge on any atom is 0.269 e. The fraction of sp³-hybridized carbons (Fsp3) is 0.179. The smallest absolute Gasteiger partial charge is 0.269 e. The molecule has 0 aliphatic carbocycles. The first-order valence-electron chi connectivity index (χ1n) is 11.9. The van der Waals surface area contributed by atoms with Crippen LogP contribution in [0.5, 0.6) is 0 Å². The van der Waals surface area contributed by atoms with E-state index < -0.39 is 40.7 Å². The summed E-state index contributed by atoms with van der Waals surface area (Å²) >= 11 is 0. The standard InChI is InChI=1S/C28H22N4O5/c1-16-6-11-19(12-7-16)30-27(34)23-22-15-8-17-4-2-3-5-21(17)31(22)25(24(23)28(30)35)26(33)29-18-9-13-20(14-10-18)32(36)37/h2-15,22-25H,1H3,(H,29,33)/t22-,23+,24-,25+/m1/s1. The van der Waals surface area contributed by atoms with Crippen molar-refractivity contribution in [3.8, 4) is 0 Å². The quantitative estimate of drug-likeness (QED) is 0.334. The van der Waals surface area contributed by atoms with Gasteiger partial charge in [0, 0.05) is 23.5 Å². The average Bonchev–Trinajstić information content (AvgIpc) is 3.38. The van der Waals surface area contributed by atoms with Crippen LogP contribution in [0, 0.1) is 28.9 Å². The number of benzene rings is 3. The minimum atomic E-state index is -0.955. The number of rotatable bonds is 4. The lowest BCUT2D eigenvalue weighted by molar-refractivity contribution is -0.384. The molecule has 3 amide bonds. The summed E-state index contributed by atoms with van der Waals surface area (Å²) in [7, 11) is 0. The maximum absolute atomic E-state index is 13.8. The summed E-state index contributed by atoms with van der Waals surface area (Å²) < 4.78 is 0. The molecule has 3 heterocycles. The number of carbonyl (C=O) groups excluding carboxylic acids is 3. The Labute approximate surface area is 212 Å². The van der Waals surface area contributed by atoms with E-state index in [0.29, 0.717) is 11.4 Å². The summed E-state index contributed by atoms with van der Waals surface area (Å²) in [6, 6.07) is 18.8. The predicted molar refractivity (Wildman–Crippen MR) is 138 cm³/mol. The highest BCUT2D eigenvalue weighted by Crippen LogP contribution is 2.49. The predicted octanol–water partition coefficient (Wildman–Crippen LogP) is 3.93. The number of non-ortho nitro benzene ring substituents is 1. The Balaban J connectivity index is 1.40. The van der Waals surface area contributed by atoms with Crippen LogP contribution in [0.1, 0.15) is 11.1 Å². The van der Waals surface area contributed by atoms with Crippen LogP contribution in [-0.2, 0) is 14.4 Å². The third-order valence-electron chi connectivity index (χ3n) is 7.32. The van der Waals surface area contributed by atoms with E-state index in [1.165, 1.54) is 29.2 Å². The molecular formula is C28H22N4O5. The molecule has 3 aliphatic rings. The van der Waals surface area contributed by atoms with Crippen molar-refractivity contribution in [2.45, 2.75) is 19.0 Å². The highest BCUT2D eigenvalue weighted by atomic mass is 16.6. The van der Waals surface area contributed by atoms with Crippen LogP contribution < -0.4 is 15.1 Å². The Bertz CT molecular complexity index is 1480. The molecule has 2 fully saturated rings. The second-order valence-corrected chi connectivity index (χ2v) is 9.45. The number of carbonyl (C=O) groups is 3. The summed E-state index contributed by atoms with van der Waals surface area (Å²) in [5.74, 6) is -2.83. The highest BCUT2D eigenvalue weighted by molar-refractivity contribution is 6.25. The van der Waals surface area contributed by atoms with Gasteiger partial charge in [0.2, 0.25) is 17.7 Å². The number of nitro benzene ring substituents is 1. The van der Waals surface area contributed by atoms with Crippen molar-refractivity contribution in [3.63, 3.8) is 0 Å². The monoisotopic (exact) mass is 494 g/mol. The number of nitrogens with zero attached hydrogens (tertiary/aromatic N) is 3. The maximum atomic E-state index is 13.8. The molecule has 0 aromatic heterocycles. The second-order valence-electron chi connectivity index (χ2n) is 9.45. The van der Waals surface area contributed by atoms with E-state index in [9.17, 15) is 24.5 Å². The van der Waals surface area contributed by atoms with Crippen LogP contribution in [0.4, 0.5) is 22.7 Å². The molecule has 0 saturated carbocycles. The van der Waals surface area contributed by atoms with Gasteiger partial charge in [-0.05, 0) is 42.8 Å². The van der Waals surface area contributed by atoms with Crippen molar-refractivity contribution in [2.24, 2.45) is 11.8 Å². The molecule has 3 aliphatic heterocycles. The number of amides is 3. The number of nitro groups is 1. The van der Waals surface area contributed by atoms with Crippen molar-refractivity contribution >= 4 is 46.5 Å². The van der Waals surface area contributed by atoms with Crippen LogP contribution in [-0.4, -0.2) is 34.7 Å². The molecule has 9 nitrogen and oxygen atoms in total. The molecule has 3 aromatic rings. The average molecular weight is 495 g/mol. The number of aryl methyl sites for hydroxylation is 1. The van der Waals surface area contributed by atoms with Gasteiger partial charge in [0.1, 0.15) is 6.04 Å². The number of fused-ring (bicyclic) bond motifs is 5. The zero-order valence-electron chi connectivity index (χ0n) is 19.8. The van der Waals surface area contributed by atoms with Gasteiger partial charge in [-0.3, -0.25) is 24.5 Å². The van der Waals surface area contributed by atoms with Gasteiger partial charge in [0.15, 0.2) is 0 Å². The summed E-state index contributed by atoms with van der Waals surface area (Å²) in [6.45, 7) is 1.92. The SMILES string of the molecule is Cc1ccc(N2C(=O)[C@@H]3[C@@H](C2=O)[C@@H](C(=O)Nc2ccc([N+](=O)[O-])cc2)N2c4ccccc4C=C[C@H]32)cc1. The van der Waals surface area contributed by atoms with E-state index in [2.05, 4.69) is 5.32 Å². The fourth-order valence-electron chi connectivity index (χ4n) is 5.64. The lowest BCUT2D eigenvalue weighted by atomic mass is 9.88. The Morgan fingerprint density at radius 2 is 1.59 bits per heavy atom. The molecule has 2 saturated heterocycles. The Morgan fingerprint density at radius 1 is 0.919 bits per heavy atom. The zero-order valence-corrected chi connectivity index (χ0v) is 19.8. The second kappa shape index (κ2) is 8.41. The van der Waals surface area contributed by atoms with Crippen molar-refractivity contribution in [2.75, 3.05) is 15.1 Å². The van der Waals surface area contributed by atoms with Crippen LogP contribution in [0.3, 0.4) is 0 Å². The number of hydrogen-bond donors (Lipinski definition) is 1. The highest BCUT2D eigenvalue weighted by Gasteiger charge is 2.64. The lowest BCUT2D eigenvalue weighted by Crippen LogP contribution is -2.50. The minimum Gasteiger partial charge on any atom is -0.351 e. The summed E-state index contributed by atoms with van der Waals surface area (Å²) in [5.41, 5.74) is 3.42. The first-order valence-corrected chi connectivity index (χ1v) is 11.9. The van der Waals surface area contributed by atoms with Crippen LogP contribution in [0.25, 0.3) is 6.08 Å². The molecule has 0 radical (unpaired) electrons. The Morgan fingerprint density at radius 3 is 2.30 bits per heavy atom. The number of anilines is 3. The van der Waals surface area contributed by atoms with Gasteiger partial charge in [-0.25, -0.2) is 4.90 Å². The largest absolute Gasteiger partial charge is 0.351 e. The molecule has 6 rings (SSSR count). The zero-order chi connectivity index (χ0) is 25.8. The normalized spacial score (nSPS) is 23.5. The van der Waals surface area contributed by atoms with Crippen molar-refractivity contribution < 1.29 is 19.3 Å². The topological polar surface area (TPSA) is 113 Å². The van der Waals surface area contributed by atoms with Gasteiger partial charge in [0.05, 0.1) is 28.5 Å². The molecular weight excluding hydrogens is 472 g/mol. The summed E-state index contributed by atoms with van der Waals surface area (Å²) in [6.07, 6.45) is 3.82. The number of hydrogen-bond acceptors (Lipinski definition) is 6. The number of para-hydroxylation sites is 1. The molecule has 0 bridgehead atoms. The molecule has 37 heavy (non-hydrogen) atoms. The third kappa shape index (κ3) is 3.50. The van der Waals surface area contributed by atoms with Gasteiger partial charge >= 0.3 is 0 Å². The molecule has 1 N–H and O–H groups in total. The molecule has 3 aromatic carbocycles. The van der Waals surface area contributed by atoms with Crippen molar-refractivity contribution in [3.05, 3.63) is 100 Å². The van der Waals surface area contributed by atoms with Gasteiger partial charge in [-0.1, -0.05) is 48.0 Å². The van der Waals surface area contributed by atoms with E-state index in [4.69, 9.17) is 0 Å². The number of nitrogens with one attached hydrogen (secondary N) is 1. The Hall–Kier alpha value is -4.79. The minimum absolute atomic E-state index is 0.0978. The lowest BCUT2D eigenvalue weighted by Gasteiger charge is -2.36. The fourth-order valence-corrected chi connectivity index (χ4v) is 5.64. The summed E-state index contributed by atoms with van der Waals surface area (Å²) in [4.78, 5) is 54.9. The van der Waals surface area contributed by atoms with Crippen molar-refractivity contribution in [1.82, 2.24) is 0 Å². The first kappa shape index (κ1) is 22.7. The third-order valence-corrected chi connectivity index (χ3v) is 7.32. The van der Waals surface area contributed by atoms with E-state index in [-0.39, 0.29) is 11.6 Å². The number of imide groups is 1. The van der Waals surface area contributed by atoms with E-state index in [1.54, 1.807) is 12.1 Å². The molecule has 184 valence electrons. The van der Waals surface area contributed by atoms with Gasteiger partial charge < -0.3 is 10.2 Å². The van der Waals surface area contributed by atoms with E-state index >= 15 is 0 Å². The van der Waals surface area contributed by atoms with Crippen LogP contribution in [0.2, 0.25) is 0 Å². The molecule has 4 atom stereocenters. The van der Waals surface area contributed by atoms with E-state index in [1.807, 2.05) is 60.4 Å². The van der Waals surface area contributed by atoms with Gasteiger partial charge in [-0.15, -0.1) is 0 Å². The molecule has 0 spiro atoms. The summed E-state index contributed by atoms with van der Waals surface area (Å²) in [5, 5.41) is 13.8. The van der Waals surface area contributed by atoms with E-state index in [0.717, 1.165) is 16.8 Å². The Kier molecular flexibility index (Phi) is 5.15. The van der Waals surface area contributed by atoms with Crippen LogP contribution in [0.15, 0.2) is 78.9 Å². The van der Waals surface area contributed by atoms with Gasteiger partial charge in [0.25, 0.3) is 5.69 Å². The van der Waals surface area contributed by atoms with Crippen LogP contribution >= 0.6 is 0 Å². The molecule has 0 unspecified atom stereocenters. The molecule has 9 heteroatoms.